The molecule has 1 aliphatic carbocycles. The normalized spacial score (nSPS) is 25.7. The molecule has 0 unspecified atom stereocenters. The largest absolute Gasteiger partial charge is 0.493 e. The van der Waals surface area contributed by atoms with E-state index in [2.05, 4.69) is 15.9 Å². The SMILES string of the molecule is COc1cccc(CN2CCN([C@@H]3CCCC[C@H]3OC)CC2)c1OC. The van der Waals surface area contributed by atoms with E-state index in [1.54, 1.807) is 14.2 Å². The summed E-state index contributed by atoms with van der Waals surface area (Å²) in [5.74, 6) is 1.67. The predicted octanol–water partition coefficient (Wildman–Crippen LogP) is 2.78. The molecule has 140 valence electrons. The summed E-state index contributed by atoms with van der Waals surface area (Å²) in [4.78, 5) is 5.16. The highest BCUT2D eigenvalue weighted by atomic mass is 16.5. The minimum atomic E-state index is 0.416. The minimum absolute atomic E-state index is 0.416. The Bertz CT molecular complexity index is 544. The van der Waals surface area contributed by atoms with Crippen LogP contribution in [0.25, 0.3) is 0 Å². The fourth-order valence-corrected chi connectivity index (χ4v) is 4.34. The van der Waals surface area contributed by atoms with Gasteiger partial charge in [0.2, 0.25) is 0 Å². The Balaban J connectivity index is 1.58. The van der Waals surface area contributed by atoms with Crippen LogP contribution in [0.1, 0.15) is 31.2 Å². The van der Waals surface area contributed by atoms with E-state index in [0.29, 0.717) is 12.1 Å². The predicted molar refractivity (Wildman–Crippen MR) is 99.4 cm³/mol. The van der Waals surface area contributed by atoms with Crippen LogP contribution < -0.4 is 9.47 Å². The number of rotatable bonds is 6. The average molecular weight is 348 g/mol. The Kier molecular flexibility index (Phi) is 6.57. The average Bonchev–Trinajstić information content (AvgIpc) is 2.68. The second kappa shape index (κ2) is 8.88. The van der Waals surface area contributed by atoms with Crippen molar-refractivity contribution < 1.29 is 14.2 Å². The summed E-state index contributed by atoms with van der Waals surface area (Å²) >= 11 is 0. The maximum Gasteiger partial charge on any atom is 0.165 e. The van der Waals surface area contributed by atoms with Gasteiger partial charge in [0.1, 0.15) is 0 Å². The Morgan fingerprint density at radius 3 is 2.40 bits per heavy atom. The fourth-order valence-electron chi connectivity index (χ4n) is 4.34. The van der Waals surface area contributed by atoms with Crippen molar-refractivity contribution in [2.45, 2.75) is 44.4 Å². The van der Waals surface area contributed by atoms with E-state index in [1.807, 2.05) is 19.2 Å². The summed E-state index contributed by atoms with van der Waals surface area (Å²) < 4.78 is 16.7. The molecule has 2 fully saturated rings. The van der Waals surface area contributed by atoms with Gasteiger partial charge < -0.3 is 14.2 Å². The van der Waals surface area contributed by atoms with Gasteiger partial charge in [-0.1, -0.05) is 25.0 Å². The van der Waals surface area contributed by atoms with Crippen molar-refractivity contribution in [1.29, 1.82) is 0 Å². The number of hydrogen-bond donors (Lipinski definition) is 0. The highest BCUT2D eigenvalue weighted by Gasteiger charge is 2.32. The molecule has 2 atom stereocenters. The first-order valence-electron chi connectivity index (χ1n) is 9.46. The maximum absolute atomic E-state index is 5.75. The molecule has 2 aliphatic rings. The van der Waals surface area contributed by atoms with Gasteiger partial charge in [0.05, 0.1) is 20.3 Å². The van der Waals surface area contributed by atoms with Crippen molar-refractivity contribution in [3.05, 3.63) is 23.8 Å². The molecule has 5 nitrogen and oxygen atoms in total. The Morgan fingerprint density at radius 1 is 0.960 bits per heavy atom. The van der Waals surface area contributed by atoms with Crippen LogP contribution in [0.4, 0.5) is 0 Å². The molecule has 0 radical (unpaired) electrons. The van der Waals surface area contributed by atoms with Crippen LogP contribution in [0.5, 0.6) is 11.5 Å². The van der Waals surface area contributed by atoms with Crippen LogP contribution in [-0.4, -0.2) is 69.5 Å². The van der Waals surface area contributed by atoms with E-state index in [0.717, 1.165) is 44.2 Å². The van der Waals surface area contributed by atoms with Crippen LogP contribution in [-0.2, 0) is 11.3 Å². The molecule has 1 aromatic rings. The van der Waals surface area contributed by atoms with E-state index in [9.17, 15) is 0 Å². The molecule has 0 bridgehead atoms. The molecule has 1 heterocycles. The van der Waals surface area contributed by atoms with E-state index < -0.39 is 0 Å². The number of hydrogen-bond acceptors (Lipinski definition) is 5. The zero-order valence-electron chi connectivity index (χ0n) is 15.9. The van der Waals surface area contributed by atoms with Crippen LogP contribution in [0.3, 0.4) is 0 Å². The highest BCUT2D eigenvalue weighted by molar-refractivity contribution is 5.46. The lowest BCUT2D eigenvalue weighted by molar-refractivity contribution is -0.0279. The molecule has 5 heteroatoms. The standard InChI is InChI=1S/C20H32N2O3/c1-23-18-9-5-4-8-17(18)22-13-11-21(12-14-22)15-16-7-6-10-19(24-2)20(16)25-3/h6-7,10,17-18H,4-5,8-9,11-15H2,1-3H3/t17-,18-/m1/s1. The third kappa shape index (κ3) is 4.27. The van der Waals surface area contributed by atoms with Crippen molar-refractivity contribution in [3.63, 3.8) is 0 Å². The van der Waals surface area contributed by atoms with Crippen LogP contribution >= 0.6 is 0 Å². The summed E-state index contributed by atoms with van der Waals surface area (Å²) in [6, 6.07) is 6.73. The van der Waals surface area contributed by atoms with Crippen molar-refractivity contribution >= 4 is 0 Å². The van der Waals surface area contributed by atoms with Gasteiger partial charge >= 0.3 is 0 Å². The second-order valence-corrected chi connectivity index (χ2v) is 7.09. The van der Waals surface area contributed by atoms with E-state index in [4.69, 9.17) is 14.2 Å². The molecule has 0 aromatic heterocycles. The lowest BCUT2D eigenvalue weighted by Crippen LogP contribution is -2.54. The zero-order valence-corrected chi connectivity index (χ0v) is 15.9. The lowest BCUT2D eigenvalue weighted by Gasteiger charge is -2.43. The monoisotopic (exact) mass is 348 g/mol. The molecule has 1 saturated heterocycles. The van der Waals surface area contributed by atoms with Crippen LogP contribution in [0.2, 0.25) is 0 Å². The summed E-state index contributed by atoms with van der Waals surface area (Å²) in [5.41, 5.74) is 1.20. The van der Waals surface area contributed by atoms with Crippen molar-refractivity contribution in [3.8, 4) is 11.5 Å². The van der Waals surface area contributed by atoms with Crippen molar-refractivity contribution in [2.75, 3.05) is 47.5 Å². The molecule has 1 aromatic carbocycles. The first-order valence-corrected chi connectivity index (χ1v) is 9.46. The van der Waals surface area contributed by atoms with Crippen LogP contribution in [0.15, 0.2) is 18.2 Å². The van der Waals surface area contributed by atoms with Crippen molar-refractivity contribution in [1.82, 2.24) is 9.80 Å². The van der Waals surface area contributed by atoms with E-state index >= 15 is 0 Å². The molecule has 0 amide bonds. The topological polar surface area (TPSA) is 34.2 Å². The van der Waals surface area contributed by atoms with Gasteiger partial charge in [-0.3, -0.25) is 9.80 Å². The van der Waals surface area contributed by atoms with E-state index in [-0.39, 0.29) is 0 Å². The van der Waals surface area contributed by atoms with Gasteiger partial charge in [-0.15, -0.1) is 0 Å². The zero-order chi connectivity index (χ0) is 17.6. The third-order valence-corrected chi connectivity index (χ3v) is 5.72. The summed E-state index contributed by atoms with van der Waals surface area (Å²) in [6.07, 6.45) is 5.56. The summed E-state index contributed by atoms with van der Waals surface area (Å²) in [7, 11) is 5.28. The summed E-state index contributed by atoms with van der Waals surface area (Å²) in [5, 5.41) is 0. The van der Waals surface area contributed by atoms with Gasteiger partial charge in [0, 0.05) is 51.4 Å². The highest BCUT2D eigenvalue weighted by Crippen LogP contribution is 2.32. The van der Waals surface area contributed by atoms with Gasteiger partial charge in [0.25, 0.3) is 0 Å². The lowest BCUT2D eigenvalue weighted by atomic mass is 9.90. The first kappa shape index (κ1) is 18.5. The first-order chi connectivity index (χ1) is 12.3. The molecule has 1 saturated carbocycles. The molecular weight excluding hydrogens is 316 g/mol. The van der Waals surface area contributed by atoms with Crippen LogP contribution in [0, 0.1) is 0 Å². The quantitative estimate of drug-likeness (QED) is 0.790. The smallest absolute Gasteiger partial charge is 0.165 e. The summed E-state index contributed by atoms with van der Waals surface area (Å²) in [6.45, 7) is 5.33. The number of ether oxygens (including phenoxy) is 3. The molecular formula is C20H32N2O3. The second-order valence-electron chi connectivity index (χ2n) is 7.09. The number of benzene rings is 1. The number of para-hydroxylation sites is 1. The fraction of sp³-hybridized carbons (Fsp3) is 0.700. The third-order valence-electron chi connectivity index (χ3n) is 5.72. The molecule has 1 aliphatic heterocycles. The number of piperazine rings is 1. The van der Waals surface area contributed by atoms with E-state index in [1.165, 1.54) is 31.2 Å². The molecule has 3 rings (SSSR count). The number of nitrogens with zero attached hydrogens (tertiary/aromatic N) is 2. The molecule has 25 heavy (non-hydrogen) atoms. The number of methoxy groups -OCH3 is 3. The van der Waals surface area contributed by atoms with Gasteiger partial charge in [0.15, 0.2) is 11.5 Å². The Labute approximate surface area is 151 Å². The van der Waals surface area contributed by atoms with Crippen molar-refractivity contribution in [2.24, 2.45) is 0 Å². The molecule has 0 N–H and O–H groups in total. The van der Waals surface area contributed by atoms with Gasteiger partial charge in [-0.2, -0.15) is 0 Å². The van der Waals surface area contributed by atoms with Gasteiger partial charge in [-0.05, 0) is 18.9 Å². The molecule has 0 spiro atoms. The Hall–Kier alpha value is -1.30. The maximum atomic E-state index is 5.75. The Morgan fingerprint density at radius 2 is 1.72 bits per heavy atom. The minimum Gasteiger partial charge on any atom is -0.493 e. The van der Waals surface area contributed by atoms with Gasteiger partial charge in [-0.25, -0.2) is 0 Å².